The monoisotopic (exact) mass is 298 g/mol. The van der Waals surface area contributed by atoms with E-state index >= 15 is 0 Å². The topological polar surface area (TPSA) is 15.3 Å². The third-order valence-electron chi connectivity index (χ3n) is 3.81. The first-order chi connectivity index (χ1) is 9.54. The number of rotatable bonds is 5. The van der Waals surface area contributed by atoms with Crippen molar-refractivity contribution in [3.63, 3.8) is 0 Å². The van der Waals surface area contributed by atoms with Crippen LogP contribution in [0.1, 0.15) is 32.3 Å². The summed E-state index contributed by atoms with van der Waals surface area (Å²) in [5, 5.41) is 3.71. The lowest BCUT2D eigenvalue weighted by molar-refractivity contribution is 0.164. The molecule has 1 N–H and O–H groups in total. The van der Waals surface area contributed by atoms with Crippen LogP contribution in [0.25, 0.3) is 0 Å². The van der Waals surface area contributed by atoms with Gasteiger partial charge in [0.25, 0.3) is 0 Å². The number of hydrogen-bond acceptors (Lipinski definition) is 2. The standard InChI is InChI=1S/C16H24ClFN2/c1-12(2)19-9-14-4-3-7-20(11-14)10-13-5-6-15(17)16(18)8-13/h5-6,8,12,14,19H,3-4,7,9-11H2,1-2H3. The molecule has 0 bridgehead atoms. The molecule has 1 heterocycles. The van der Waals surface area contributed by atoms with Crippen molar-refractivity contribution in [2.45, 2.75) is 39.3 Å². The average Bonchev–Trinajstić information content (AvgIpc) is 2.41. The lowest BCUT2D eigenvalue weighted by Crippen LogP contribution is -2.40. The minimum Gasteiger partial charge on any atom is -0.314 e. The molecule has 4 heteroatoms. The number of likely N-dealkylation sites (tertiary alicyclic amines) is 1. The van der Waals surface area contributed by atoms with Gasteiger partial charge in [0.2, 0.25) is 0 Å². The summed E-state index contributed by atoms with van der Waals surface area (Å²) >= 11 is 5.72. The summed E-state index contributed by atoms with van der Waals surface area (Å²) in [7, 11) is 0. The summed E-state index contributed by atoms with van der Waals surface area (Å²) in [5.74, 6) is 0.377. The zero-order chi connectivity index (χ0) is 14.5. The van der Waals surface area contributed by atoms with Crippen LogP contribution < -0.4 is 5.32 Å². The molecule has 1 aromatic rings. The van der Waals surface area contributed by atoms with Crippen LogP contribution in [0.15, 0.2) is 18.2 Å². The summed E-state index contributed by atoms with van der Waals surface area (Å²) in [5.41, 5.74) is 1.00. The summed E-state index contributed by atoms with van der Waals surface area (Å²) in [6.07, 6.45) is 2.51. The molecule has 0 saturated carbocycles. The molecule has 1 fully saturated rings. The maximum atomic E-state index is 13.5. The van der Waals surface area contributed by atoms with Gasteiger partial charge in [-0.2, -0.15) is 0 Å². The van der Waals surface area contributed by atoms with Crippen molar-refractivity contribution in [2.24, 2.45) is 5.92 Å². The van der Waals surface area contributed by atoms with Crippen molar-refractivity contribution in [3.05, 3.63) is 34.6 Å². The molecule has 1 saturated heterocycles. The first-order valence-electron chi connectivity index (χ1n) is 7.44. The lowest BCUT2D eigenvalue weighted by atomic mass is 9.97. The Morgan fingerprint density at radius 3 is 2.95 bits per heavy atom. The van der Waals surface area contributed by atoms with Crippen LogP contribution in [0.3, 0.4) is 0 Å². The molecule has 0 spiro atoms. The van der Waals surface area contributed by atoms with Crippen LogP contribution in [0.4, 0.5) is 4.39 Å². The van der Waals surface area contributed by atoms with Gasteiger partial charge >= 0.3 is 0 Å². The maximum absolute atomic E-state index is 13.5. The number of nitrogens with one attached hydrogen (secondary N) is 1. The highest BCUT2D eigenvalue weighted by Crippen LogP contribution is 2.20. The quantitative estimate of drug-likeness (QED) is 0.892. The van der Waals surface area contributed by atoms with Crippen LogP contribution in [0, 0.1) is 11.7 Å². The van der Waals surface area contributed by atoms with Gasteiger partial charge in [-0.3, -0.25) is 4.90 Å². The zero-order valence-electron chi connectivity index (χ0n) is 12.3. The van der Waals surface area contributed by atoms with E-state index in [1.807, 2.05) is 6.07 Å². The Balaban J connectivity index is 1.87. The Kier molecular flexibility index (Phi) is 5.82. The fourth-order valence-corrected chi connectivity index (χ4v) is 2.88. The van der Waals surface area contributed by atoms with E-state index in [4.69, 9.17) is 11.6 Å². The third kappa shape index (κ3) is 4.72. The van der Waals surface area contributed by atoms with Gasteiger partial charge in [0.15, 0.2) is 0 Å². The van der Waals surface area contributed by atoms with Crippen LogP contribution in [-0.2, 0) is 6.54 Å². The van der Waals surface area contributed by atoms with Gasteiger partial charge in [-0.15, -0.1) is 0 Å². The maximum Gasteiger partial charge on any atom is 0.142 e. The fraction of sp³-hybridized carbons (Fsp3) is 0.625. The molecule has 0 radical (unpaired) electrons. The second-order valence-corrected chi connectivity index (χ2v) is 6.46. The van der Waals surface area contributed by atoms with Crippen molar-refractivity contribution in [3.8, 4) is 0 Å². The third-order valence-corrected chi connectivity index (χ3v) is 4.11. The Morgan fingerprint density at radius 1 is 1.45 bits per heavy atom. The van der Waals surface area contributed by atoms with Gasteiger partial charge in [-0.1, -0.05) is 31.5 Å². The summed E-state index contributed by atoms with van der Waals surface area (Å²) < 4.78 is 13.5. The van der Waals surface area contributed by atoms with E-state index in [1.165, 1.54) is 12.8 Å². The predicted molar refractivity (Wildman–Crippen MR) is 82.5 cm³/mol. The van der Waals surface area contributed by atoms with Crippen molar-refractivity contribution >= 4 is 11.6 Å². The highest BCUT2D eigenvalue weighted by molar-refractivity contribution is 6.30. The molecular weight excluding hydrogens is 275 g/mol. The molecule has 0 amide bonds. The largest absolute Gasteiger partial charge is 0.314 e. The number of piperidine rings is 1. The summed E-state index contributed by atoms with van der Waals surface area (Å²) in [6, 6.07) is 5.66. The molecule has 0 aliphatic carbocycles. The van der Waals surface area contributed by atoms with Crippen molar-refractivity contribution in [1.82, 2.24) is 10.2 Å². The number of hydrogen-bond donors (Lipinski definition) is 1. The summed E-state index contributed by atoms with van der Waals surface area (Å²) in [6.45, 7) is 8.43. The van der Waals surface area contributed by atoms with Crippen LogP contribution >= 0.6 is 11.6 Å². The van der Waals surface area contributed by atoms with Gasteiger partial charge in [-0.05, 0) is 49.5 Å². The van der Waals surface area contributed by atoms with Crippen LogP contribution in [0.5, 0.6) is 0 Å². The summed E-state index contributed by atoms with van der Waals surface area (Å²) in [4.78, 5) is 2.42. The molecule has 2 rings (SSSR count). The smallest absolute Gasteiger partial charge is 0.142 e. The second-order valence-electron chi connectivity index (χ2n) is 6.05. The molecule has 2 nitrogen and oxygen atoms in total. The van der Waals surface area contributed by atoms with Gasteiger partial charge < -0.3 is 5.32 Å². The van der Waals surface area contributed by atoms with E-state index in [0.29, 0.717) is 12.0 Å². The van der Waals surface area contributed by atoms with E-state index in [-0.39, 0.29) is 10.8 Å². The first kappa shape index (κ1) is 15.7. The Bertz CT molecular complexity index is 436. The molecule has 1 aliphatic heterocycles. The molecule has 0 aromatic heterocycles. The van der Waals surface area contributed by atoms with E-state index < -0.39 is 0 Å². The number of benzene rings is 1. The normalized spacial score (nSPS) is 20.6. The molecule has 20 heavy (non-hydrogen) atoms. The van der Waals surface area contributed by atoms with Gasteiger partial charge in [0.1, 0.15) is 5.82 Å². The van der Waals surface area contributed by atoms with Gasteiger partial charge in [-0.25, -0.2) is 4.39 Å². The fourth-order valence-electron chi connectivity index (χ4n) is 2.76. The Labute approximate surface area is 126 Å². The highest BCUT2D eigenvalue weighted by atomic mass is 35.5. The second kappa shape index (κ2) is 7.39. The lowest BCUT2D eigenvalue weighted by Gasteiger charge is -2.33. The molecule has 1 unspecified atom stereocenters. The van der Waals surface area contributed by atoms with Crippen molar-refractivity contribution in [1.29, 1.82) is 0 Å². The van der Waals surface area contributed by atoms with E-state index in [9.17, 15) is 4.39 Å². The van der Waals surface area contributed by atoms with Crippen LogP contribution in [-0.4, -0.2) is 30.6 Å². The highest BCUT2D eigenvalue weighted by Gasteiger charge is 2.20. The molecule has 1 atom stereocenters. The van der Waals surface area contributed by atoms with Crippen LogP contribution in [0.2, 0.25) is 5.02 Å². The zero-order valence-corrected chi connectivity index (χ0v) is 13.1. The minimum atomic E-state index is -0.320. The van der Waals surface area contributed by atoms with E-state index in [1.54, 1.807) is 12.1 Å². The van der Waals surface area contributed by atoms with Gasteiger partial charge in [0.05, 0.1) is 5.02 Å². The molecule has 112 valence electrons. The molecule has 1 aliphatic rings. The first-order valence-corrected chi connectivity index (χ1v) is 7.82. The number of nitrogens with zero attached hydrogens (tertiary/aromatic N) is 1. The Hall–Kier alpha value is -0.640. The SMILES string of the molecule is CC(C)NCC1CCCN(Cc2ccc(Cl)c(F)c2)C1. The van der Waals surface area contributed by atoms with Gasteiger partial charge in [0, 0.05) is 19.1 Å². The minimum absolute atomic E-state index is 0.200. The predicted octanol–water partition coefficient (Wildman–Crippen LogP) is 3.69. The van der Waals surface area contributed by atoms with Crippen molar-refractivity contribution < 1.29 is 4.39 Å². The van der Waals surface area contributed by atoms with E-state index in [2.05, 4.69) is 24.1 Å². The Morgan fingerprint density at radius 2 is 2.25 bits per heavy atom. The molecular formula is C16H24ClFN2. The van der Waals surface area contributed by atoms with Crippen molar-refractivity contribution in [2.75, 3.05) is 19.6 Å². The average molecular weight is 299 g/mol. The van der Waals surface area contributed by atoms with E-state index in [0.717, 1.165) is 31.7 Å². The molecule has 1 aromatic carbocycles. The number of halogens is 2.